The molecule has 0 N–H and O–H groups in total. The third-order valence-corrected chi connectivity index (χ3v) is 5.58. The van der Waals surface area contributed by atoms with E-state index in [1.807, 2.05) is 50.2 Å². The number of carbonyl (C=O) groups excluding carboxylic acids is 1. The maximum atomic E-state index is 13.2. The molecule has 4 aromatic rings. The SMILES string of the molecule is Cc1cc(C)n(CC(=O)N(Cc2ccccn2)c2nc3ccc(Cl)cc3s2)n1. The number of carbonyl (C=O) groups is 1. The van der Waals surface area contributed by atoms with E-state index >= 15 is 0 Å². The summed E-state index contributed by atoms with van der Waals surface area (Å²) in [7, 11) is 0. The minimum Gasteiger partial charge on any atom is -0.280 e. The van der Waals surface area contributed by atoms with E-state index in [-0.39, 0.29) is 12.5 Å². The van der Waals surface area contributed by atoms with Gasteiger partial charge in [-0.3, -0.25) is 19.4 Å². The van der Waals surface area contributed by atoms with Gasteiger partial charge in [0.05, 0.1) is 28.1 Å². The van der Waals surface area contributed by atoms with Gasteiger partial charge < -0.3 is 0 Å². The van der Waals surface area contributed by atoms with E-state index in [0.717, 1.165) is 27.3 Å². The number of rotatable bonds is 5. The second-order valence-electron chi connectivity index (χ2n) is 6.49. The van der Waals surface area contributed by atoms with Crippen molar-refractivity contribution in [1.29, 1.82) is 0 Å². The van der Waals surface area contributed by atoms with Crippen LogP contribution in [0.4, 0.5) is 5.13 Å². The number of thiazole rings is 1. The van der Waals surface area contributed by atoms with Gasteiger partial charge in [-0.05, 0) is 50.2 Å². The molecule has 0 spiro atoms. The monoisotopic (exact) mass is 411 g/mol. The fraction of sp³-hybridized carbons (Fsp3) is 0.200. The number of aryl methyl sites for hydroxylation is 2. The molecule has 3 aromatic heterocycles. The Morgan fingerprint density at radius 3 is 2.79 bits per heavy atom. The van der Waals surface area contributed by atoms with Gasteiger partial charge in [-0.2, -0.15) is 5.10 Å². The van der Waals surface area contributed by atoms with Crippen LogP contribution < -0.4 is 4.90 Å². The van der Waals surface area contributed by atoms with Crippen LogP contribution in [0.3, 0.4) is 0 Å². The quantitative estimate of drug-likeness (QED) is 0.488. The molecule has 1 aromatic carbocycles. The molecule has 0 saturated heterocycles. The van der Waals surface area contributed by atoms with E-state index in [9.17, 15) is 4.79 Å². The Hall–Kier alpha value is -2.77. The van der Waals surface area contributed by atoms with Gasteiger partial charge in [-0.25, -0.2) is 4.98 Å². The zero-order chi connectivity index (χ0) is 19.7. The first kappa shape index (κ1) is 18.6. The summed E-state index contributed by atoms with van der Waals surface area (Å²) in [5.74, 6) is -0.0954. The Labute approximate surface area is 171 Å². The Morgan fingerprint density at radius 2 is 2.07 bits per heavy atom. The van der Waals surface area contributed by atoms with Gasteiger partial charge in [0.15, 0.2) is 5.13 Å². The Balaban J connectivity index is 1.69. The molecule has 0 atom stereocenters. The van der Waals surface area contributed by atoms with Crippen molar-refractivity contribution in [2.24, 2.45) is 0 Å². The van der Waals surface area contributed by atoms with Crippen molar-refractivity contribution in [2.75, 3.05) is 4.90 Å². The number of halogens is 1. The van der Waals surface area contributed by atoms with Crippen LogP contribution in [-0.4, -0.2) is 25.7 Å². The van der Waals surface area contributed by atoms with Gasteiger partial charge in [0.25, 0.3) is 5.91 Å². The van der Waals surface area contributed by atoms with Crippen molar-refractivity contribution in [3.8, 4) is 0 Å². The van der Waals surface area contributed by atoms with Crippen LogP contribution in [-0.2, 0) is 17.9 Å². The average Bonchev–Trinajstić information content (AvgIpc) is 3.22. The summed E-state index contributed by atoms with van der Waals surface area (Å²) in [6.45, 7) is 4.34. The number of hydrogen-bond acceptors (Lipinski definition) is 5. The maximum absolute atomic E-state index is 13.2. The highest BCUT2D eigenvalue weighted by Crippen LogP contribution is 2.31. The summed E-state index contributed by atoms with van der Waals surface area (Å²) in [5.41, 5.74) is 3.44. The van der Waals surface area contributed by atoms with E-state index in [1.165, 1.54) is 11.3 Å². The van der Waals surface area contributed by atoms with E-state index in [0.29, 0.717) is 16.7 Å². The van der Waals surface area contributed by atoms with E-state index < -0.39 is 0 Å². The van der Waals surface area contributed by atoms with Crippen molar-refractivity contribution in [3.05, 3.63) is 70.8 Å². The van der Waals surface area contributed by atoms with Crippen LogP contribution in [0.5, 0.6) is 0 Å². The van der Waals surface area contributed by atoms with Crippen LogP contribution in [0, 0.1) is 13.8 Å². The fourth-order valence-electron chi connectivity index (χ4n) is 2.97. The number of anilines is 1. The molecule has 142 valence electrons. The van der Waals surface area contributed by atoms with Crippen molar-refractivity contribution in [3.63, 3.8) is 0 Å². The molecule has 4 rings (SSSR count). The van der Waals surface area contributed by atoms with Crippen molar-refractivity contribution in [2.45, 2.75) is 26.9 Å². The molecule has 0 bridgehead atoms. The first-order valence-electron chi connectivity index (χ1n) is 8.77. The Kier molecular flexibility index (Phi) is 5.11. The molecule has 3 heterocycles. The summed E-state index contributed by atoms with van der Waals surface area (Å²) in [6.07, 6.45) is 1.72. The summed E-state index contributed by atoms with van der Waals surface area (Å²) in [5, 5.41) is 5.67. The lowest BCUT2D eigenvalue weighted by molar-refractivity contribution is -0.119. The molecule has 1 amide bonds. The van der Waals surface area contributed by atoms with Gasteiger partial charge in [-0.1, -0.05) is 29.0 Å². The molecule has 0 radical (unpaired) electrons. The number of aromatic nitrogens is 4. The molecule has 8 heteroatoms. The minimum atomic E-state index is -0.0954. The molecule has 0 unspecified atom stereocenters. The van der Waals surface area contributed by atoms with Gasteiger partial charge in [-0.15, -0.1) is 0 Å². The highest BCUT2D eigenvalue weighted by atomic mass is 35.5. The molecular formula is C20H18ClN5OS. The zero-order valence-corrected chi connectivity index (χ0v) is 17.0. The summed E-state index contributed by atoms with van der Waals surface area (Å²) in [4.78, 5) is 23.9. The predicted molar refractivity (Wildman–Crippen MR) is 112 cm³/mol. The average molecular weight is 412 g/mol. The first-order chi connectivity index (χ1) is 13.5. The van der Waals surface area contributed by atoms with E-state index in [1.54, 1.807) is 21.8 Å². The fourth-order valence-corrected chi connectivity index (χ4v) is 4.22. The van der Waals surface area contributed by atoms with Crippen molar-refractivity contribution < 1.29 is 4.79 Å². The van der Waals surface area contributed by atoms with Crippen LogP contribution in [0.25, 0.3) is 10.2 Å². The number of fused-ring (bicyclic) bond motifs is 1. The van der Waals surface area contributed by atoms with Gasteiger partial charge in [0.2, 0.25) is 0 Å². The normalized spacial score (nSPS) is 11.1. The highest BCUT2D eigenvalue weighted by molar-refractivity contribution is 7.22. The van der Waals surface area contributed by atoms with Crippen LogP contribution >= 0.6 is 22.9 Å². The number of pyridine rings is 1. The van der Waals surface area contributed by atoms with Crippen LogP contribution in [0.1, 0.15) is 17.1 Å². The largest absolute Gasteiger partial charge is 0.280 e. The number of amides is 1. The highest BCUT2D eigenvalue weighted by Gasteiger charge is 2.22. The molecule has 0 saturated carbocycles. The molecule has 28 heavy (non-hydrogen) atoms. The molecule has 6 nitrogen and oxygen atoms in total. The van der Waals surface area contributed by atoms with Gasteiger partial charge in [0, 0.05) is 16.9 Å². The molecule has 0 fully saturated rings. The molecule has 0 aliphatic heterocycles. The number of hydrogen-bond donors (Lipinski definition) is 0. The molecule has 0 aliphatic carbocycles. The lowest BCUT2D eigenvalue weighted by Gasteiger charge is -2.20. The van der Waals surface area contributed by atoms with Crippen LogP contribution in [0.15, 0.2) is 48.7 Å². The lowest BCUT2D eigenvalue weighted by atomic mass is 10.3. The van der Waals surface area contributed by atoms with Crippen molar-refractivity contribution >= 4 is 44.2 Å². The van der Waals surface area contributed by atoms with Crippen LogP contribution in [0.2, 0.25) is 5.02 Å². The molecule has 0 aliphatic rings. The minimum absolute atomic E-state index is 0.0954. The standard InChI is InChI=1S/C20H18ClN5OS/c1-13-9-14(2)26(24-13)12-19(27)25(11-16-5-3-4-8-22-16)20-23-17-7-6-15(21)10-18(17)28-20/h3-10H,11-12H2,1-2H3. The summed E-state index contributed by atoms with van der Waals surface area (Å²) < 4.78 is 2.65. The van der Waals surface area contributed by atoms with E-state index in [4.69, 9.17) is 11.6 Å². The summed E-state index contributed by atoms with van der Waals surface area (Å²) in [6, 6.07) is 13.1. The number of nitrogens with zero attached hydrogens (tertiary/aromatic N) is 5. The smallest absolute Gasteiger partial charge is 0.250 e. The first-order valence-corrected chi connectivity index (χ1v) is 9.96. The third kappa shape index (κ3) is 3.90. The van der Waals surface area contributed by atoms with Gasteiger partial charge >= 0.3 is 0 Å². The Bertz CT molecular complexity index is 1140. The Morgan fingerprint density at radius 1 is 1.21 bits per heavy atom. The third-order valence-electron chi connectivity index (χ3n) is 4.31. The zero-order valence-electron chi connectivity index (χ0n) is 15.5. The number of benzene rings is 1. The topological polar surface area (TPSA) is 63.9 Å². The second-order valence-corrected chi connectivity index (χ2v) is 7.94. The van der Waals surface area contributed by atoms with Crippen molar-refractivity contribution in [1.82, 2.24) is 19.7 Å². The van der Waals surface area contributed by atoms with Gasteiger partial charge in [0.1, 0.15) is 6.54 Å². The summed E-state index contributed by atoms with van der Waals surface area (Å²) >= 11 is 7.54. The second kappa shape index (κ2) is 7.69. The van der Waals surface area contributed by atoms with E-state index in [2.05, 4.69) is 15.1 Å². The molecular weight excluding hydrogens is 394 g/mol. The lowest BCUT2D eigenvalue weighted by Crippen LogP contribution is -2.34. The predicted octanol–water partition coefficient (Wildman–Crippen LogP) is 4.39. The maximum Gasteiger partial charge on any atom is 0.250 e.